The van der Waals surface area contributed by atoms with Gasteiger partial charge in [0.1, 0.15) is 0 Å². The van der Waals surface area contributed by atoms with Crippen molar-refractivity contribution in [3.63, 3.8) is 0 Å². The van der Waals surface area contributed by atoms with Crippen molar-refractivity contribution in [1.29, 1.82) is 0 Å². The van der Waals surface area contributed by atoms with Gasteiger partial charge in [-0.15, -0.1) is 0 Å². The Morgan fingerprint density at radius 3 is 2.54 bits per heavy atom. The van der Waals surface area contributed by atoms with Crippen molar-refractivity contribution in [2.75, 3.05) is 44.0 Å². The van der Waals surface area contributed by atoms with Gasteiger partial charge in [-0.3, -0.25) is 0 Å². The number of anilines is 1. The van der Waals surface area contributed by atoms with Crippen LogP contribution in [0, 0.1) is 0 Å². The summed E-state index contributed by atoms with van der Waals surface area (Å²) in [6, 6.07) is 8.35. The zero-order valence-corrected chi connectivity index (χ0v) is 17.8. The maximum Gasteiger partial charge on any atom is 0.173 e. The molecule has 2 N–H and O–H groups in total. The summed E-state index contributed by atoms with van der Waals surface area (Å²) in [4.78, 5) is 3.39. The average Bonchev–Trinajstić information content (AvgIpc) is 2.94. The van der Waals surface area contributed by atoms with Gasteiger partial charge >= 0.3 is 0 Å². The molecular formula is C19H32N3O2S2+. The van der Waals surface area contributed by atoms with Gasteiger partial charge in [-0.05, 0) is 49.2 Å². The van der Waals surface area contributed by atoms with Crippen LogP contribution in [0.3, 0.4) is 0 Å². The number of likely N-dealkylation sites (N-methyl/N-ethyl adjacent to an activating group) is 1. The minimum absolute atomic E-state index is 0.0248. The van der Waals surface area contributed by atoms with Crippen molar-refractivity contribution in [3.8, 4) is 0 Å². The number of aryl methyl sites for hydroxylation is 1. The van der Waals surface area contributed by atoms with Crippen molar-refractivity contribution >= 4 is 32.9 Å². The fourth-order valence-corrected chi connectivity index (χ4v) is 5.24. The van der Waals surface area contributed by atoms with Gasteiger partial charge in [0.25, 0.3) is 0 Å². The van der Waals surface area contributed by atoms with E-state index < -0.39 is 9.84 Å². The third kappa shape index (κ3) is 6.52. The molecule has 1 fully saturated rings. The van der Waals surface area contributed by atoms with Gasteiger partial charge in [0.15, 0.2) is 14.9 Å². The van der Waals surface area contributed by atoms with E-state index in [1.807, 2.05) is 0 Å². The number of benzene rings is 1. The lowest BCUT2D eigenvalue weighted by Gasteiger charge is -2.31. The molecule has 0 aliphatic carbocycles. The molecule has 1 atom stereocenters. The molecule has 0 saturated carbocycles. The number of hydrogen-bond acceptors (Lipinski definition) is 3. The van der Waals surface area contributed by atoms with Gasteiger partial charge in [0.05, 0.1) is 38.7 Å². The van der Waals surface area contributed by atoms with Crippen molar-refractivity contribution in [1.82, 2.24) is 4.90 Å². The van der Waals surface area contributed by atoms with E-state index in [2.05, 4.69) is 55.5 Å². The fraction of sp³-hybridized carbons (Fsp3) is 0.632. The van der Waals surface area contributed by atoms with Crippen LogP contribution in [0.15, 0.2) is 24.3 Å². The second-order valence-corrected chi connectivity index (χ2v) is 10.1. The number of rotatable bonds is 8. The molecule has 1 aromatic carbocycles. The van der Waals surface area contributed by atoms with E-state index in [0.29, 0.717) is 11.5 Å². The Morgan fingerprint density at radius 1 is 1.31 bits per heavy atom. The molecule has 7 heteroatoms. The molecule has 2 rings (SSSR count). The Kier molecular flexibility index (Phi) is 7.85. The first-order valence-corrected chi connectivity index (χ1v) is 11.7. The van der Waals surface area contributed by atoms with Crippen molar-refractivity contribution in [3.05, 3.63) is 29.8 Å². The summed E-state index contributed by atoms with van der Waals surface area (Å²) in [5.74, 6) is 0.464. The van der Waals surface area contributed by atoms with E-state index in [1.165, 1.54) is 23.3 Å². The highest BCUT2D eigenvalue weighted by atomic mass is 32.2. The summed E-state index contributed by atoms with van der Waals surface area (Å²) in [5, 5.41) is 3.93. The second kappa shape index (κ2) is 9.67. The minimum Gasteiger partial charge on any atom is -0.339 e. The zero-order valence-electron chi connectivity index (χ0n) is 16.1. The number of nitrogens with one attached hydrogen (secondary N) is 2. The van der Waals surface area contributed by atoms with Gasteiger partial charge in [-0.25, -0.2) is 8.42 Å². The summed E-state index contributed by atoms with van der Waals surface area (Å²) in [6.45, 7) is 3.86. The minimum atomic E-state index is -2.94. The predicted octanol–water partition coefficient (Wildman–Crippen LogP) is 1.36. The van der Waals surface area contributed by atoms with E-state index >= 15 is 0 Å². The second-order valence-electron chi connectivity index (χ2n) is 7.44. The van der Waals surface area contributed by atoms with Crippen LogP contribution < -0.4 is 10.2 Å². The van der Waals surface area contributed by atoms with Gasteiger partial charge in [-0.2, -0.15) is 0 Å². The molecule has 0 amide bonds. The van der Waals surface area contributed by atoms with Crippen LogP contribution in [0.25, 0.3) is 0 Å². The van der Waals surface area contributed by atoms with Gasteiger partial charge in [-0.1, -0.05) is 25.5 Å². The quantitative estimate of drug-likeness (QED) is 0.648. The zero-order chi connectivity index (χ0) is 19.2. The lowest BCUT2D eigenvalue weighted by Crippen LogP contribution is -3.06. The molecule has 146 valence electrons. The molecule has 0 bridgehead atoms. The van der Waals surface area contributed by atoms with Crippen molar-refractivity contribution in [2.24, 2.45) is 0 Å². The van der Waals surface area contributed by atoms with Crippen LogP contribution in [0.2, 0.25) is 0 Å². The van der Waals surface area contributed by atoms with E-state index in [4.69, 9.17) is 12.2 Å². The third-order valence-electron chi connectivity index (χ3n) is 4.79. The summed E-state index contributed by atoms with van der Waals surface area (Å²) in [7, 11) is 1.25. The molecule has 1 aromatic rings. The average molecular weight is 399 g/mol. The normalized spacial score (nSPS) is 18.8. The van der Waals surface area contributed by atoms with Crippen LogP contribution in [-0.4, -0.2) is 63.2 Å². The number of unbranched alkanes of at least 4 members (excludes halogenated alkanes) is 1. The molecule has 0 spiro atoms. The maximum absolute atomic E-state index is 11.9. The Balaban J connectivity index is 2.03. The lowest BCUT2D eigenvalue weighted by molar-refractivity contribution is -0.857. The van der Waals surface area contributed by atoms with Gasteiger partial charge in [0, 0.05) is 11.7 Å². The standard InChI is InChI=1S/C19H31N3O2S2/c1-4-5-6-16-7-9-17(10-8-16)20-19(25)22(13-12-21(2)3)18-11-14-26(23,24)15-18/h7-10,18H,4-6,11-15H2,1-3H3,(H,20,25)/p+1/t18-/m0/s1. The van der Waals surface area contributed by atoms with E-state index in [0.717, 1.165) is 25.2 Å². The predicted molar refractivity (Wildman–Crippen MR) is 113 cm³/mol. The van der Waals surface area contributed by atoms with Crippen LogP contribution in [0.4, 0.5) is 5.69 Å². The first-order valence-electron chi connectivity index (χ1n) is 9.46. The highest BCUT2D eigenvalue weighted by Crippen LogP contribution is 2.19. The summed E-state index contributed by atoms with van der Waals surface area (Å²) < 4.78 is 23.8. The number of quaternary nitrogens is 1. The SMILES string of the molecule is CCCCc1ccc(NC(=S)N(CC[NH+](C)C)[C@H]2CCS(=O)(=O)C2)cc1. The first-order chi connectivity index (χ1) is 12.3. The molecule has 1 aliphatic rings. The summed E-state index contributed by atoms with van der Waals surface area (Å²) in [5.41, 5.74) is 2.29. The molecule has 5 nitrogen and oxygen atoms in total. The fourth-order valence-electron chi connectivity index (χ4n) is 3.15. The van der Waals surface area contributed by atoms with E-state index in [9.17, 15) is 8.42 Å². The monoisotopic (exact) mass is 398 g/mol. The number of hydrogen-bond donors (Lipinski definition) is 2. The summed E-state index contributed by atoms with van der Waals surface area (Å²) in [6.07, 6.45) is 4.14. The number of sulfone groups is 1. The molecule has 26 heavy (non-hydrogen) atoms. The third-order valence-corrected chi connectivity index (χ3v) is 6.87. The Hall–Kier alpha value is -1.18. The molecule has 0 radical (unpaired) electrons. The Bertz CT molecular complexity index is 687. The molecule has 0 unspecified atom stereocenters. The Morgan fingerprint density at radius 2 is 2.00 bits per heavy atom. The first kappa shape index (κ1) is 21.1. The van der Waals surface area contributed by atoms with Gasteiger partial charge in [0.2, 0.25) is 0 Å². The Labute approximate surface area is 163 Å². The molecule has 1 heterocycles. The molecular weight excluding hydrogens is 366 g/mol. The largest absolute Gasteiger partial charge is 0.339 e. The smallest absolute Gasteiger partial charge is 0.173 e. The van der Waals surface area contributed by atoms with Crippen LogP contribution in [-0.2, 0) is 16.3 Å². The van der Waals surface area contributed by atoms with Crippen LogP contribution in [0.5, 0.6) is 0 Å². The van der Waals surface area contributed by atoms with Crippen molar-refractivity contribution < 1.29 is 13.3 Å². The van der Waals surface area contributed by atoms with E-state index in [-0.39, 0.29) is 17.5 Å². The van der Waals surface area contributed by atoms with E-state index in [1.54, 1.807) is 0 Å². The van der Waals surface area contributed by atoms with Crippen LogP contribution in [0.1, 0.15) is 31.7 Å². The molecule has 1 aliphatic heterocycles. The van der Waals surface area contributed by atoms with Crippen LogP contribution >= 0.6 is 12.2 Å². The van der Waals surface area contributed by atoms with Crippen molar-refractivity contribution in [2.45, 2.75) is 38.6 Å². The van der Waals surface area contributed by atoms with Gasteiger partial charge < -0.3 is 15.1 Å². The summed E-state index contributed by atoms with van der Waals surface area (Å²) >= 11 is 5.63. The number of nitrogens with zero attached hydrogens (tertiary/aromatic N) is 1. The molecule has 1 saturated heterocycles. The highest BCUT2D eigenvalue weighted by Gasteiger charge is 2.33. The lowest BCUT2D eigenvalue weighted by atomic mass is 10.1. The maximum atomic E-state index is 11.9. The molecule has 0 aromatic heterocycles. The topological polar surface area (TPSA) is 53.9 Å². The number of thiocarbonyl (C=S) groups is 1. The highest BCUT2D eigenvalue weighted by molar-refractivity contribution is 7.91.